The first kappa shape index (κ1) is 31.1. The fraction of sp³-hybridized carbons (Fsp3) is 0.367. The number of halogens is 3. The van der Waals surface area contributed by atoms with E-state index in [9.17, 15) is 21.6 Å². The minimum absolute atomic E-state index is 0.0393. The van der Waals surface area contributed by atoms with Crippen LogP contribution in [0.3, 0.4) is 0 Å². The fourth-order valence-electron chi connectivity index (χ4n) is 6.60. The van der Waals surface area contributed by atoms with Crippen LogP contribution in [0.2, 0.25) is 0 Å². The Hall–Kier alpha value is -3.89. The van der Waals surface area contributed by atoms with Crippen molar-refractivity contribution in [1.82, 2.24) is 34.3 Å². The highest BCUT2D eigenvalue weighted by atomic mass is 32.2. The van der Waals surface area contributed by atoms with Gasteiger partial charge in [-0.05, 0) is 39.8 Å². The van der Waals surface area contributed by atoms with Crippen molar-refractivity contribution in [1.29, 1.82) is 0 Å². The third-order valence-electron chi connectivity index (χ3n) is 8.52. The summed E-state index contributed by atoms with van der Waals surface area (Å²) in [5, 5.41) is 15.6. The maximum Gasteiger partial charge on any atom is 0.453 e. The number of nitrogens with zero attached hydrogens (tertiary/aromatic N) is 7. The third-order valence-corrected chi connectivity index (χ3v) is 9.57. The number of alkyl halides is 3. The van der Waals surface area contributed by atoms with Gasteiger partial charge < -0.3 is 4.74 Å². The topological polar surface area (TPSA) is 123 Å². The van der Waals surface area contributed by atoms with Crippen molar-refractivity contribution in [3.8, 4) is 11.4 Å². The van der Waals surface area contributed by atoms with Crippen molar-refractivity contribution in [2.75, 3.05) is 39.8 Å². The van der Waals surface area contributed by atoms with E-state index < -0.39 is 22.2 Å². The summed E-state index contributed by atoms with van der Waals surface area (Å²) in [6.45, 7) is 2.45. The summed E-state index contributed by atoms with van der Waals surface area (Å²) in [6, 6.07) is 24.8. The largest absolute Gasteiger partial charge is 0.496 e. The van der Waals surface area contributed by atoms with Crippen molar-refractivity contribution in [3.05, 3.63) is 101 Å². The zero-order valence-electron chi connectivity index (χ0n) is 24.5. The maximum atomic E-state index is 13.6. The first-order chi connectivity index (χ1) is 21.5. The summed E-state index contributed by atoms with van der Waals surface area (Å²) < 4.78 is 73.2. The molecule has 2 saturated heterocycles. The molecule has 0 saturated carbocycles. The van der Waals surface area contributed by atoms with Crippen LogP contribution in [0, 0.1) is 0 Å². The molecule has 0 spiro atoms. The van der Waals surface area contributed by atoms with Crippen LogP contribution in [0.5, 0.6) is 5.75 Å². The molecule has 2 aliphatic rings. The molecule has 2 fully saturated rings. The molecule has 2 aliphatic heterocycles. The summed E-state index contributed by atoms with van der Waals surface area (Å²) in [7, 11) is -2.39. The fourth-order valence-corrected chi connectivity index (χ4v) is 7.31. The summed E-state index contributed by atoms with van der Waals surface area (Å²) >= 11 is 0. The maximum absolute atomic E-state index is 13.6. The van der Waals surface area contributed by atoms with Crippen LogP contribution in [0.1, 0.15) is 28.4 Å². The zero-order valence-corrected chi connectivity index (χ0v) is 25.3. The van der Waals surface area contributed by atoms with Gasteiger partial charge in [-0.3, -0.25) is 9.80 Å². The predicted octanol–water partition coefficient (Wildman–Crippen LogP) is 2.90. The van der Waals surface area contributed by atoms with E-state index in [2.05, 4.69) is 49.6 Å². The van der Waals surface area contributed by atoms with Gasteiger partial charge in [-0.2, -0.15) is 30.6 Å². The molecule has 0 unspecified atom stereocenters. The number of benzene rings is 3. The Morgan fingerprint density at radius 1 is 0.956 bits per heavy atom. The molecule has 3 heterocycles. The van der Waals surface area contributed by atoms with Gasteiger partial charge in [0, 0.05) is 62.8 Å². The number of aromatic nitrogens is 4. The molecule has 0 bridgehead atoms. The molecule has 0 amide bonds. The average Bonchev–Trinajstić information content (AvgIpc) is 3.53. The lowest BCUT2D eigenvalue weighted by Gasteiger charge is -2.53. The highest BCUT2D eigenvalue weighted by Gasteiger charge is 2.44. The third kappa shape index (κ3) is 6.58. The molecule has 0 radical (unpaired) electrons. The predicted molar refractivity (Wildman–Crippen MR) is 160 cm³/mol. The number of ether oxygens (including phenoxy) is 1. The number of rotatable bonds is 8. The van der Waals surface area contributed by atoms with Crippen molar-refractivity contribution in [2.45, 2.75) is 30.7 Å². The van der Waals surface area contributed by atoms with E-state index in [1.165, 1.54) is 17.5 Å². The lowest BCUT2D eigenvalue weighted by molar-refractivity contribution is -0.146. The molecular weight excluding hydrogens is 609 g/mol. The van der Waals surface area contributed by atoms with E-state index in [1.807, 2.05) is 36.4 Å². The molecule has 238 valence electrons. The van der Waals surface area contributed by atoms with Gasteiger partial charge in [-0.25, -0.2) is 5.14 Å². The minimum atomic E-state index is -4.74. The Labute approximate surface area is 259 Å². The Kier molecular flexibility index (Phi) is 8.63. The molecular formula is C30H33F3N8O3S. The standard InChI is InChI=1S/C30H33F3N8O3S/c1-44-27-13-12-24(41-29(30(31,32)33)35-36-37-41)16-23(27)17-38-18-25-19-39(45(34,42)43)14-15-40(25)26(20-38)28(21-8-4-2-5-9-21)22-10-6-3-7-11-22/h2-13,16,25-26,28H,14-15,17-20H2,1H3,(H2,34,42,43)/t25-,26+/m1/s1. The van der Waals surface area contributed by atoms with Gasteiger partial charge in [0.05, 0.1) is 12.8 Å². The van der Waals surface area contributed by atoms with Gasteiger partial charge in [0.25, 0.3) is 16.0 Å². The normalized spacial score (nSPS) is 20.3. The Balaban J connectivity index is 1.38. The lowest BCUT2D eigenvalue weighted by Crippen LogP contribution is -2.67. The van der Waals surface area contributed by atoms with Crippen molar-refractivity contribution in [3.63, 3.8) is 0 Å². The Morgan fingerprint density at radius 3 is 2.22 bits per heavy atom. The van der Waals surface area contributed by atoms with Crippen LogP contribution in [0.4, 0.5) is 13.2 Å². The van der Waals surface area contributed by atoms with Crippen LogP contribution in [-0.4, -0.2) is 94.6 Å². The van der Waals surface area contributed by atoms with E-state index in [1.54, 1.807) is 12.1 Å². The van der Waals surface area contributed by atoms with E-state index in [0.29, 0.717) is 42.2 Å². The van der Waals surface area contributed by atoms with Crippen LogP contribution >= 0.6 is 0 Å². The molecule has 4 aromatic rings. The molecule has 6 rings (SSSR count). The first-order valence-electron chi connectivity index (χ1n) is 14.4. The number of piperazine rings is 2. The quantitative estimate of drug-likeness (QED) is 0.312. The molecule has 2 N–H and O–H groups in total. The van der Waals surface area contributed by atoms with Gasteiger partial charge in [0.2, 0.25) is 0 Å². The minimum Gasteiger partial charge on any atom is -0.496 e. The van der Waals surface area contributed by atoms with Crippen LogP contribution in [0.25, 0.3) is 5.69 Å². The van der Waals surface area contributed by atoms with Crippen LogP contribution in [0.15, 0.2) is 78.9 Å². The number of tetrazole rings is 1. The van der Waals surface area contributed by atoms with Crippen LogP contribution < -0.4 is 9.88 Å². The average molecular weight is 643 g/mol. The summed E-state index contributed by atoms with van der Waals surface area (Å²) in [6.07, 6.45) is -4.74. The van der Waals surface area contributed by atoms with Crippen molar-refractivity contribution < 1.29 is 26.3 Å². The molecule has 0 aliphatic carbocycles. The van der Waals surface area contributed by atoms with E-state index in [4.69, 9.17) is 9.88 Å². The van der Waals surface area contributed by atoms with E-state index in [-0.39, 0.29) is 36.8 Å². The summed E-state index contributed by atoms with van der Waals surface area (Å²) in [5.74, 6) is -0.773. The van der Waals surface area contributed by atoms with Gasteiger partial charge in [0.15, 0.2) is 0 Å². The SMILES string of the molecule is COc1ccc(-n2nnnc2C(F)(F)F)cc1CN1C[C@@H]2CN(S(N)(=O)=O)CCN2[C@H](C(c2ccccc2)c2ccccc2)C1. The number of hydrogen-bond donors (Lipinski definition) is 1. The number of nitrogens with two attached hydrogens (primary N) is 1. The van der Waals surface area contributed by atoms with Crippen LogP contribution in [-0.2, 0) is 22.9 Å². The number of hydrogen-bond acceptors (Lipinski definition) is 8. The highest BCUT2D eigenvalue weighted by Crippen LogP contribution is 2.37. The van der Waals surface area contributed by atoms with Gasteiger partial charge >= 0.3 is 6.18 Å². The highest BCUT2D eigenvalue weighted by molar-refractivity contribution is 7.86. The van der Waals surface area contributed by atoms with Crippen molar-refractivity contribution in [2.24, 2.45) is 5.14 Å². The Bertz CT molecular complexity index is 1680. The van der Waals surface area contributed by atoms with E-state index >= 15 is 0 Å². The van der Waals surface area contributed by atoms with Gasteiger partial charge in [-0.1, -0.05) is 60.7 Å². The second-order valence-electron chi connectivity index (χ2n) is 11.3. The summed E-state index contributed by atoms with van der Waals surface area (Å²) in [4.78, 5) is 4.58. The molecule has 1 aromatic heterocycles. The van der Waals surface area contributed by atoms with E-state index in [0.717, 1.165) is 11.1 Å². The molecule has 45 heavy (non-hydrogen) atoms. The Morgan fingerprint density at radius 2 is 1.62 bits per heavy atom. The molecule has 2 atom stereocenters. The van der Waals surface area contributed by atoms with Gasteiger partial charge in [0.1, 0.15) is 5.75 Å². The first-order valence-corrected chi connectivity index (χ1v) is 15.9. The smallest absolute Gasteiger partial charge is 0.453 e. The van der Waals surface area contributed by atoms with Crippen molar-refractivity contribution >= 4 is 10.2 Å². The molecule has 11 nitrogen and oxygen atoms in total. The molecule has 3 aromatic carbocycles. The number of methoxy groups -OCH3 is 1. The molecule has 15 heteroatoms. The summed E-state index contributed by atoms with van der Waals surface area (Å²) in [5.41, 5.74) is 3.03. The lowest BCUT2D eigenvalue weighted by atomic mass is 9.81. The van der Waals surface area contributed by atoms with Gasteiger partial charge in [-0.15, -0.1) is 5.10 Å². The second kappa shape index (κ2) is 12.5. The monoisotopic (exact) mass is 642 g/mol. The number of fused-ring (bicyclic) bond motifs is 1. The second-order valence-corrected chi connectivity index (χ2v) is 12.8. The zero-order chi connectivity index (χ0) is 31.8.